The van der Waals surface area contributed by atoms with Crippen molar-refractivity contribution in [2.24, 2.45) is 0 Å². The second kappa shape index (κ2) is 15.9. The van der Waals surface area contributed by atoms with Gasteiger partial charge in [0.05, 0.1) is 6.61 Å². The van der Waals surface area contributed by atoms with Gasteiger partial charge in [0.25, 0.3) is 0 Å². The number of hydrogen-bond donors (Lipinski definition) is 10. The van der Waals surface area contributed by atoms with Crippen molar-refractivity contribution in [3.8, 4) is 40.2 Å². The van der Waals surface area contributed by atoms with E-state index in [0.717, 1.165) is 6.08 Å². The van der Waals surface area contributed by atoms with Crippen molar-refractivity contribution < 1.29 is 84.3 Å². The van der Waals surface area contributed by atoms with E-state index in [2.05, 4.69) is 0 Å². The second-order valence-corrected chi connectivity index (χ2v) is 11.3. The van der Waals surface area contributed by atoms with E-state index in [1.54, 1.807) is 12.1 Å². The predicted molar refractivity (Wildman–Crippen MR) is 166 cm³/mol. The summed E-state index contributed by atoms with van der Waals surface area (Å²) in [6.45, 7) is -1.24. The zero-order valence-electron chi connectivity index (χ0n) is 25.9. The van der Waals surface area contributed by atoms with Gasteiger partial charge in [-0.05, 0) is 48.0 Å². The van der Waals surface area contributed by atoms with Crippen molar-refractivity contribution in [3.63, 3.8) is 0 Å². The normalized spacial score (nSPS) is 29.7. The van der Waals surface area contributed by atoms with Crippen LogP contribution in [0.25, 0.3) is 6.08 Å². The molecule has 0 spiro atoms. The van der Waals surface area contributed by atoms with Crippen LogP contribution in [-0.4, -0.2) is 132 Å². The number of benzene rings is 3. The van der Waals surface area contributed by atoms with E-state index in [1.165, 1.54) is 54.6 Å². The first-order valence-electron chi connectivity index (χ1n) is 15.2. The Labute approximate surface area is 283 Å². The van der Waals surface area contributed by atoms with E-state index >= 15 is 0 Å². The van der Waals surface area contributed by atoms with Gasteiger partial charge in [-0.1, -0.05) is 18.2 Å². The van der Waals surface area contributed by atoms with Crippen molar-refractivity contribution in [3.05, 3.63) is 72.3 Å². The average molecular weight is 705 g/mol. The molecule has 0 amide bonds. The molecule has 0 aliphatic carbocycles. The highest BCUT2D eigenvalue weighted by atomic mass is 16.7. The number of ether oxygens (including phenoxy) is 6. The molecule has 17 nitrogen and oxygen atoms in total. The Kier molecular flexibility index (Phi) is 11.6. The van der Waals surface area contributed by atoms with Crippen LogP contribution in [0.1, 0.15) is 5.56 Å². The van der Waals surface area contributed by atoms with Crippen molar-refractivity contribution in [1.82, 2.24) is 0 Å². The van der Waals surface area contributed by atoms with Gasteiger partial charge in [0, 0.05) is 12.1 Å². The topological polar surface area (TPSA) is 275 Å². The van der Waals surface area contributed by atoms with Gasteiger partial charge < -0.3 is 79.5 Å². The van der Waals surface area contributed by atoms with Crippen molar-refractivity contribution in [2.75, 3.05) is 13.2 Å². The Bertz CT molecular complexity index is 1650. The molecule has 10 atom stereocenters. The molecule has 0 saturated carbocycles. The third kappa shape index (κ3) is 8.36. The molecule has 3 aromatic rings. The van der Waals surface area contributed by atoms with Gasteiger partial charge in [0.1, 0.15) is 61.2 Å². The zero-order valence-corrected chi connectivity index (χ0v) is 25.9. The smallest absolute Gasteiger partial charge is 0.330 e. The van der Waals surface area contributed by atoms with Crippen LogP contribution in [0.2, 0.25) is 0 Å². The van der Waals surface area contributed by atoms with E-state index in [9.17, 15) is 55.9 Å². The summed E-state index contributed by atoms with van der Waals surface area (Å²) in [4.78, 5) is 12.5. The van der Waals surface area contributed by atoms with Crippen LogP contribution in [0.4, 0.5) is 0 Å². The third-order valence-corrected chi connectivity index (χ3v) is 7.81. The quantitative estimate of drug-likeness (QED) is 0.0866. The molecule has 50 heavy (non-hydrogen) atoms. The summed E-state index contributed by atoms with van der Waals surface area (Å²) in [5, 5.41) is 101. The highest BCUT2D eigenvalue weighted by Gasteiger charge is 2.46. The number of para-hydroxylation sites is 2. The molecule has 2 heterocycles. The molecule has 2 aliphatic heterocycles. The molecule has 270 valence electrons. The molecule has 0 radical (unpaired) electrons. The summed E-state index contributed by atoms with van der Waals surface area (Å²) in [6, 6.07) is 13.6. The van der Waals surface area contributed by atoms with Crippen LogP contribution in [-0.2, 0) is 19.0 Å². The zero-order chi connectivity index (χ0) is 36.1. The second-order valence-electron chi connectivity index (χ2n) is 11.3. The lowest BCUT2D eigenvalue weighted by Gasteiger charge is -2.39. The lowest BCUT2D eigenvalue weighted by Crippen LogP contribution is -2.60. The molecule has 2 aliphatic rings. The fourth-order valence-electron chi connectivity index (χ4n) is 5.00. The molecule has 0 unspecified atom stereocenters. The van der Waals surface area contributed by atoms with Gasteiger partial charge in [-0.3, -0.25) is 0 Å². The van der Waals surface area contributed by atoms with Crippen LogP contribution in [0.5, 0.6) is 40.2 Å². The van der Waals surface area contributed by atoms with E-state index < -0.39 is 86.3 Å². The number of phenolic OH excluding ortho intramolecular Hbond substituents is 3. The van der Waals surface area contributed by atoms with E-state index in [1.807, 2.05) is 0 Å². The highest BCUT2D eigenvalue weighted by Crippen LogP contribution is 2.38. The van der Waals surface area contributed by atoms with Crippen molar-refractivity contribution in [1.29, 1.82) is 0 Å². The molecule has 0 aromatic heterocycles. The Hall–Kier alpha value is -4.69. The number of rotatable bonds is 11. The first kappa shape index (κ1) is 36.6. The number of aliphatic hydroxyl groups is 7. The standard InChI is InChI=1S/C33H36O17/c34-13-23-26(39)28(41)30(43)33(49-23)48-22-12-16(7-9-19(22)37)46-21-11-15(5-8-18(21)36)6-10-25(38)45-14-24-27(40)29(42)31(44)32(50-24)47-20-4-2-1-3-17(20)35/h1-12,23-24,26-37,39-44H,13-14H2/b10-6+/t23-,24-,26-,27-,28+,29+,30-,31-,32-,33-/m1/s1. The van der Waals surface area contributed by atoms with E-state index in [0.29, 0.717) is 5.56 Å². The first-order chi connectivity index (χ1) is 23.9. The molecule has 17 heteroatoms. The SMILES string of the molecule is O=C(/C=C/c1ccc(O)c(Oc2ccc(O)c(O[C@@H]3O[C@H](CO)[C@@H](O)[C@H](O)[C@H]3O)c2)c1)OC[C@H]1O[C@@H](Oc2ccccc2O)[C@H](O)[C@@H](O)[C@@H]1O. The largest absolute Gasteiger partial charge is 0.504 e. The maximum absolute atomic E-state index is 12.5. The number of carbonyl (C=O) groups excluding carboxylic acids is 1. The minimum Gasteiger partial charge on any atom is -0.504 e. The van der Waals surface area contributed by atoms with Gasteiger partial charge in [-0.15, -0.1) is 0 Å². The predicted octanol–water partition coefficient (Wildman–Crippen LogP) is -0.783. The fourth-order valence-corrected chi connectivity index (χ4v) is 5.00. The highest BCUT2D eigenvalue weighted by molar-refractivity contribution is 5.87. The molecule has 3 aromatic carbocycles. The van der Waals surface area contributed by atoms with Gasteiger partial charge in [0.2, 0.25) is 12.6 Å². The minimum absolute atomic E-state index is 0.0290. The molecule has 5 rings (SSSR count). The summed E-state index contributed by atoms with van der Waals surface area (Å²) in [5.74, 6) is -2.24. The number of aromatic hydroxyl groups is 3. The molecular weight excluding hydrogens is 668 g/mol. The van der Waals surface area contributed by atoms with Crippen molar-refractivity contribution >= 4 is 12.0 Å². The van der Waals surface area contributed by atoms with Crippen LogP contribution in [0.15, 0.2) is 66.7 Å². The van der Waals surface area contributed by atoms with Gasteiger partial charge in [0.15, 0.2) is 34.5 Å². The number of hydrogen-bond acceptors (Lipinski definition) is 17. The maximum atomic E-state index is 12.5. The lowest BCUT2D eigenvalue weighted by molar-refractivity contribution is -0.278. The fraction of sp³-hybridized carbons (Fsp3) is 0.364. The van der Waals surface area contributed by atoms with Crippen LogP contribution >= 0.6 is 0 Å². The average Bonchev–Trinajstić information content (AvgIpc) is 3.10. The summed E-state index contributed by atoms with van der Waals surface area (Å²) in [7, 11) is 0. The third-order valence-electron chi connectivity index (χ3n) is 7.81. The van der Waals surface area contributed by atoms with E-state index in [-0.39, 0.29) is 34.5 Å². The molecule has 10 N–H and O–H groups in total. The lowest BCUT2D eigenvalue weighted by atomic mass is 9.99. The molecule has 2 saturated heterocycles. The van der Waals surface area contributed by atoms with Crippen molar-refractivity contribution in [2.45, 2.75) is 61.4 Å². The Morgan fingerprint density at radius 1 is 0.660 bits per heavy atom. The minimum atomic E-state index is -1.74. The Balaban J connectivity index is 1.20. The molecular formula is C33H36O17. The summed E-state index contributed by atoms with van der Waals surface area (Å²) < 4.78 is 32.6. The van der Waals surface area contributed by atoms with Crippen LogP contribution in [0, 0.1) is 0 Å². The summed E-state index contributed by atoms with van der Waals surface area (Å²) >= 11 is 0. The van der Waals surface area contributed by atoms with Crippen LogP contribution < -0.4 is 14.2 Å². The Morgan fingerprint density at radius 2 is 1.24 bits per heavy atom. The molecule has 2 fully saturated rings. The number of esters is 1. The number of aliphatic hydroxyl groups excluding tert-OH is 7. The summed E-state index contributed by atoms with van der Waals surface area (Å²) in [6.07, 6.45) is -13.4. The Morgan fingerprint density at radius 3 is 1.92 bits per heavy atom. The van der Waals surface area contributed by atoms with Gasteiger partial charge >= 0.3 is 5.97 Å². The van der Waals surface area contributed by atoms with Crippen LogP contribution in [0.3, 0.4) is 0 Å². The van der Waals surface area contributed by atoms with Gasteiger partial charge in [-0.2, -0.15) is 0 Å². The maximum Gasteiger partial charge on any atom is 0.330 e. The number of phenols is 3. The van der Waals surface area contributed by atoms with Gasteiger partial charge in [-0.25, -0.2) is 4.79 Å². The molecule has 0 bridgehead atoms. The summed E-state index contributed by atoms with van der Waals surface area (Å²) in [5.41, 5.74) is 0.356. The first-order valence-corrected chi connectivity index (χ1v) is 15.2. The monoisotopic (exact) mass is 704 g/mol. The van der Waals surface area contributed by atoms with E-state index in [4.69, 9.17) is 28.4 Å². The number of carbonyl (C=O) groups is 1.